The standard InChI is InChI=1S/C24H25ClN2O3S/c1-16-5-10-21(11-6-16)31(29,30)27(20-9-8-18(3)22(25)14-20)15-24(28)26-23-12-7-17(2)13-19(23)4/h5-14H,15H2,1-4H3,(H,26,28). The second kappa shape index (κ2) is 9.12. The smallest absolute Gasteiger partial charge is 0.264 e. The van der Waals surface area contributed by atoms with Gasteiger partial charge in [0.1, 0.15) is 6.54 Å². The second-order valence-electron chi connectivity index (χ2n) is 7.62. The largest absolute Gasteiger partial charge is 0.324 e. The third-order valence-electron chi connectivity index (χ3n) is 5.00. The number of rotatable bonds is 6. The lowest BCUT2D eigenvalue weighted by molar-refractivity contribution is -0.114. The summed E-state index contributed by atoms with van der Waals surface area (Å²) >= 11 is 6.25. The number of carbonyl (C=O) groups is 1. The van der Waals surface area contributed by atoms with E-state index in [1.54, 1.807) is 30.3 Å². The molecule has 0 bridgehead atoms. The molecule has 3 aromatic carbocycles. The van der Waals surface area contributed by atoms with Crippen LogP contribution in [0, 0.1) is 27.7 Å². The number of nitrogens with one attached hydrogen (secondary N) is 1. The molecule has 0 aliphatic carbocycles. The van der Waals surface area contributed by atoms with Gasteiger partial charge >= 0.3 is 0 Å². The van der Waals surface area contributed by atoms with E-state index in [1.165, 1.54) is 12.1 Å². The van der Waals surface area contributed by atoms with E-state index >= 15 is 0 Å². The number of nitrogens with zero attached hydrogens (tertiary/aromatic N) is 1. The molecular weight excluding hydrogens is 432 g/mol. The Bertz CT molecular complexity index is 1220. The number of hydrogen-bond acceptors (Lipinski definition) is 3. The molecular formula is C24H25ClN2O3S. The number of hydrogen-bond donors (Lipinski definition) is 1. The molecule has 0 unspecified atom stereocenters. The normalized spacial score (nSPS) is 11.3. The molecule has 0 spiro atoms. The van der Waals surface area contributed by atoms with E-state index in [0.717, 1.165) is 26.6 Å². The molecule has 5 nitrogen and oxygen atoms in total. The van der Waals surface area contributed by atoms with Crippen molar-refractivity contribution in [2.45, 2.75) is 32.6 Å². The zero-order chi connectivity index (χ0) is 22.8. The predicted molar refractivity (Wildman–Crippen MR) is 126 cm³/mol. The molecule has 3 rings (SSSR count). The van der Waals surface area contributed by atoms with Gasteiger partial charge in [-0.05, 0) is 69.2 Å². The van der Waals surface area contributed by atoms with Crippen LogP contribution in [0.3, 0.4) is 0 Å². The Morgan fingerprint density at radius 2 is 1.52 bits per heavy atom. The van der Waals surface area contributed by atoms with E-state index < -0.39 is 15.9 Å². The highest BCUT2D eigenvalue weighted by atomic mass is 35.5. The zero-order valence-electron chi connectivity index (χ0n) is 17.9. The lowest BCUT2D eigenvalue weighted by atomic mass is 10.1. The number of halogens is 1. The fourth-order valence-electron chi connectivity index (χ4n) is 3.16. The van der Waals surface area contributed by atoms with Gasteiger partial charge in [0.05, 0.1) is 10.6 Å². The maximum absolute atomic E-state index is 13.4. The number of carbonyl (C=O) groups excluding carboxylic acids is 1. The molecule has 1 amide bonds. The number of sulfonamides is 1. The number of benzene rings is 3. The van der Waals surface area contributed by atoms with Crippen LogP contribution in [0.15, 0.2) is 65.6 Å². The Hall–Kier alpha value is -2.83. The minimum Gasteiger partial charge on any atom is -0.324 e. The fourth-order valence-corrected chi connectivity index (χ4v) is 4.75. The van der Waals surface area contributed by atoms with Gasteiger partial charge in [-0.3, -0.25) is 9.10 Å². The third-order valence-corrected chi connectivity index (χ3v) is 7.19. The molecule has 0 atom stereocenters. The van der Waals surface area contributed by atoms with Crippen molar-refractivity contribution < 1.29 is 13.2 Å². The number of anilines is 2. The number of amides is 1. The Kier molecular flexibility index (Phi) is 6.72. The summed E-state index contributed by atoms with van der Waals surface area (Å²) in [5, 5.41) is 3.25. The van der Waals surface area contributed by atoms with Gasteiger partial charge in [-0.1, -0.05) is 53.1 Å². The van der Waals surface area contributed by atoms with Crippen molar-refractivity contribution in [3.05, 3.63) is 87.9 Å². The predicted octanol–water partition coefficient (Wildman–Crippen LogP) is 5.41. The van der Waals surface area contributed by atoms with E-state index in [1.807, 2.05) is 45.9 Å². The van der Waals surface area contributed by atoms with Crippen LogP contribution in [0.25, 0.3) is 0 Å². The van der Waals surface area contributed by atoms with Crippen LogP contribution in [0.5, 0.6) is 0 Å². The summed E-state index contributed by atoms with van der Waals surface area (Å²) in [6.07, 6.45) is 0. The lowest BCUT2D eigenvalue weighted by Gasteiger charge is -2.25. The molecule has 162 valence electrons. The van der Waals surface area contributed by atoms with E-state index in [2.05, 4.69) is 5.32 Å². The van der Waals surface area contributed by atoms with Crippen LogP contribution < -0.4 is 9.62 Å². The van der Waals surface area contributed by atoms with Gasteiger partial charge in [-0.2, -0.15) is 0 Å². The first-order valence-corrected chi connectivity index (χ1v) is 11.6. The van der Waals surface area contributed by atoms with E-state index in [4.69, 9.17) is 11.6 Å². The van der Waals surface area contributed by atoms with Crippen LogP contribution in [0.2, 0.25) is 5.02 Å². The summed E-state index contributed by atoms with van der Waals surface area (Å²) in [5.41, 5.74) is 4.71. The highest BCUT2D eigenvalue weighted by molar-refractivity contribution is 7.92. The monoisotopic (exact) mass is 456 g/mol. The van der Waals surface area contributed by atoms with Gasteiger partial charge in [-0.15, -0.1) is 0 Å². The van der Waals surface area contributed by atoms with Crippen molar-refractivity contribution >= 4 is 38.9 Å². The Labute approximate surface area is 188 Å². The van der Waals surface area contributed by atoms with Crippen molar-refractivity contribution in [3.63, 3.8) is 0 Å². The molecule has 0 saturated carbocycles. The molecule has 0 aromatic heterocycles. The maximum Gasteiger partial charge on any atom is 0.264 e. The van der Waals surface area contributed by atoms with Crippen LogP contribution in [0.1, 0.15) is 22.3 Å². The van der Waals surface area contributed by atoms with Crippen LogP contribution in [-0.4, -0.2) is 20.9 Å². The molecule has 0 saturated heterocycles. The Morgan fingerprint density at radius 1 is 0.871 bits per heavy atom. The van der Waals surface area contributed by atoms with Crippen molar-refractivity contribution in [1.82, 2.24) is 0 Å². The summed E-state index contributed by atoms with van der Waals surface area (Å²) in [5.74, 6) is -0.445. The molecule has 0 aliphatic heterocycles. The van der Waals surface area contributed by atoms with Gasteiger partial charge < -0.3 is 5.32 Å². The quantitative estimate of drug-likeness (QED) is 0.539. The maximum atomic E-state index is 13.4. The molecule has 0 fully saturated rings. The fraction of sp³-hybridized carbons (Fsp3) is 0.208. The minimum absolute atomic E-state index is 0.106. The SMILES string of the molecule is Cc1ccc(S(=O)(=O)N(CC(=O)Nc2ccc(C)cc2C)c2ccc(C)c(Cl)c2)cc1. The lowest BCUT2D eigenvalue weighted by Crippen LogP contribution is -2.38. The van der Waals surface area contributed by atoms with Gasteiger partial charge in [0.25, 0.3) is 10.0 Å². The van der Waals surface area contributed by atoms with E-state index in [9.17, 15) is 13.2 Å². The zero-order valence-corrected chi connectivity index (χ0v) is 19.5. The first kappa shape index (κ1) is 22.8. The summed E-state index contributed by atoms with van der Waals surface area (Å²) in [4.78, 5) is 13.0. The summed E-state index contributed by atoms with van der Waals surface area (Å²) in [7, 11) is -3.99. The number of aryl methyl sites for hydroxylation is 4. The molecule has 7 heteroatoms. The van der Waals surface area contributed by atoms with E-state index in [0.29, 0.717) is 16.4 Å². The highest BCUT2D eigenvalue weighted by Crippen LogP contribution is 2.28. The molecule has 0 radical (unpaired) electrons. The van der Waals surface area contributed by atoms with Crippen LogP contribution >= 0.6 is 11.6 Å². The molecule has 31 heavy (non-hydrogen) atoms. The molecule has 1 N–H and O–H groups in total. The Balaban J connectivity index is 1.98. The van der Waals surface area contributed by atoms with Crippen molar-refractivity contribution in [2.75, 3.05) is 16.2 Å². The second-order valence-corrected chi connectivity index (χ2v) is 9.89. The van der Waals surface area contributed by atoms with Crippen molar-refractivity contribution in [3.8, 4) is 0 Å². The summed E-state index contributed by atoms with van der Waals surface area (Å²) in [6, 6.07) is 17.1. The van der Waals surface area contributed by atoms with Crippen LogP contribution in [-0.2, 0) is 14.8 Å². The van der Waals surface area contributed by atoms with Crippen LogP contribution in [0.4, 0.5) is 11.4 Å². The minimum atomic E-state index is -3.99. The van der Waals surface area contributed by atoms with Crippen molar-refractivity contribution in [1.29, 1.82) is 0 Å². The first-order chi connectivity index (χ1) is 14.6. The van der Waals surface area contributed by atoms with E-state index in [-0.39, 0.29) is 11.4 Å². The van der Waals surface area contributed by atoms with Gasteiger partial charge in [-0.25, -0.2) is 8.42 Å². The molecule has 0 heterocycles. The Morgan fingerprint density at radius 3 is 2.13 bits per heavy atom. The average Bonchev–Trinajstić information content (AvgIpc) is 2.71. The third kappa shape index (κ3) is 5.27. The van der Waals surface area contributed by atoms with Crippen molar-refractivity contribution in [2.24, 2.45) is 0 Å². The van der Waals surface area contributed by atoms with Gasteiger partial charge in [0.15, 0.2) is 0 Å². The van der Waals surface area contributed by atoms with Gasteiger partial charge in [0.2, 0.25) is 5.91 Å². The molecule has 0 aliphatic rings. The molecule has 3 aromatic rings. The van der Waals surface area contributed by atoms with Gasteiger partial charge in [0, 0.05) is 10.7 Å². The first-order valence-electron chi connectivity index (χ1n) is 9.80. The highest BCUT2D eigenvalue weighted by Gasteiger charge is 2.27. The average molecular weight is 457 g/mol. The summed E-state index contributed by atoms with van der Waals surface area (Å²) in [6.45, 7) is 7.19. The summed E-state index contributed by atoms with van der Waals surface area (Å²) < 4.78 is 28.0. The topological polar surface area (TPSA) is 66.5 Å².